The molecule has 0 bridgehead atoms. The van der Waals surface area contributed by atoms with Crippen LogP contribution in [0.1, 0.15) is 62.7 Å². The first-order valence-corrected chi connectivity index (χ1v) is 8.60. The molecular weight excluding hydrogens is 280 g/mol. The lowest BCUT2D eigenvalue weighted by atomic mass is 9.83. The third kappa shape index (κ3) is 2.59. The Morgan fingerprint density at radius 2 is 2.05 bits per heavy atom. The first-order valence-electron chi connectivity index (χ1n) is 8.16. The van der Waals surface area contributed by atoms with Crippen molar-refractivity contribution >= 4 is 22.6 Å². The molecule has 0 N–H and O–H groups in total. The van der Waals surface area contributed by atoms with Gasteiger partial charge in [-0.15, -0.1) is 11.6 Å². The largest absolute Gasteiger partial charge is 0.326 e. The molecule has 2 nitrogen and oxygen atoms in total. The van der Waals surface area contributed by atoms with E-state index in [-0.39, 0.29) is 5.38 Å². The van der Waals surface area contributed by atoms with Crippen LogP contribution in [0, 0.1) is 12.3 Å². The Bertz CT molecular complexity index is 636. The van der Waals surface area contributed by atoms with Gasteiger partial charge in [-0.3, -0.25) is 0 Å². The second-order valence-corrected chi connectivity index (χ2v) is 7.33. The van der Waals surface area contributed by atoms with Crippen LogP contribution in [0.4, 0.5) is 0 Å². The molecular formula is C18H25ClN2. The summed E-state index contributed by atoms with van der Waals surface area (Å²) >= 11 is 6.42. The molecule has 21 heavy (non-hydrogen) atoms. The Hall–Kier alpha value is -1.02. The minimum Gasteiger partial charge on any atom is -0.326 e. The smallest absolute Gasteiger partial charge is 0.127 e. The average Bonchev–Trinajstić information content (AvgIpc) is 3.06. The van der Waals surface area contributed by atoms with Crippen LogP contribution in [-0.4, -0.2) is 9.55 Å². The summed E-state index contributed by atoms with van der Waals surface area (Å²) < 4.78 is 2.41. The van der Waals surface area contributed by atoms with E-state index in [0.717, 1.165) is 17.9 Å². The number of nitrogens with zero attached hydrogens (tertiary/aromatic N) is 2. The number of hydrogen-bond donors (Lipinski definition) is 0. The van der Waals surface area contributed by atoms with Crippen molar-refractivity contribution in [2.24, 2.45) is 5.41 Å². The molecule has 0 aliphatic heterocycles. The van der Waals surface area contributed by atoms with Crippen LogP contribution in [0.3, 0.4) is 0 Å². The van der Waals surface area contributed by atoms with E-state index < -0.39 is 0 Å². The first-order chi connectivity index (χ1) is 10.1. The highest BCUT2D eigenvalue weighted by Gasteiger charge is 2.34. The van der Waals surface area contributed by atoms with Crippen LogP contribution in [0.2, 0.25) is 0 Å². The van der Waals surface area contributed by atoms with Crippen LogP contribution >= 0.6 is 11.6 Å². The predicted molar refractivity (Wildman–Crippen MR) is 89.9 cm³/mol. The van der Waals surface area contributed by atoms with E-state index in [9.17, 15) is 0 Å². The van der Waals surface area contributed by atoms with Crippen LogP contribution in [0.5, 0.6) is 0 Å². The van der Waals surface area contributed by atoms with Gasteiger partial charge in [0.25, 0.3) is 0 Å². The third-order valence-electron chi connectivity index (χ3n) is 5.26. The summed E-state index contributed by atoms with van der Waals surface area (Å²) in [6, 6.07) is 6.37. The number of benzene rings is 1. The normalized spacial score (nSPS) is 19.2. The fraction of sp³-hybridized carbons (Fsp3) is 0.611. The number of para-hydroxylation sites is 1. The van der Waals surface area contributed by atoms with E-state index in [0.29, 0.717) is 5.41 Å². The lowest BCUT2D eigenvalue weighted by Crippen LogP contribution is -2.24. The Morgan fingerprint density at radius 1 is 1.33 bits per heavy atom. The van der Waals surface area contributed by atoms with Gasteiger partial charge < -0.3 is 4.57 Å². The molecule has 1 atom stereocenters. The highest BCUT2D eigenvalue weighted by Crippen LogP contribution is 2.43. The summed E-state index contributed by atoms with van der Waals surface area (Å²) in [7, 11) is 0. The maximum Gasteiger partial charge on any atom is 0.127 e. The van der Waals surface area contributed by atoms with Crippen molar-refractivity contribution in [3.8, 4) is 0 Å². The van der Waals surface area contributed by atoms with E-state index in [2.05, 4.69) is 36.6 Å². The number of imidazole rings is 1. The average molecular weight is 305 g/mol. The van der Waals surface area contributed by atoms with E-state index >= 15 is 0 Å². The van der Waals surface area contributed by atoms with Crippen molar-refractivity contribution in [1.29, 1.82) is 0 Å². The molecule has 114 valence electrons. The molecule has 1 fully saturated rings. The molecule has 1 aromatic carbocycles. The summed E-state index contributed by atoms with van der Waals surface area (Å²) in [4.78, 5) is 4.81. The monoisotopic (exact) mass is 304 g/mol. The maximum absolute atomic E-state index is 6.42. The Kier molecular flexibility index (Phi) is 4.00. The third-order valence-corrected chi connectivity index (χ3v) is 5.46. The second kappa shape index (κ2) is 5.64. The van der Waals surface area contributed by atoms with Crippen molar-refractivity contribution in [3.05, 3.63) is 29.6 Å². The summed E-state index contributed by atoms with van der Waals surface area (Å²) in [5, 5.41) is -0.0490. The van der Waals surface area contributed by atoms with Gasteiger partial charge in [0.1, 0.15) is 5.82 Å². The van der Waals surface area contributed by atoms with Crippen LogP contribution in [0.15, 0.2) is 18.2 Å². The molecule has 1 aliphatic rings. The number of aromatic nitrogens is 2. The van der Waals surface area contributed by atoms with Crippen molar-refractivity contribution in [2.45, 2.75) is 64.8 Å². The number of hydrogen-bond acceptors (Lipinski definition) is 1. The van der Waals surface area contributed by atoms with Gasteiger partial charge in [0.2, 0.25) is 0 Å². The summed E-state index contributed by atoms with van der Waals surface area (Å²) in [5.41, 5.74) is 4.10. The van der Waals surface area contributed by atoms with Gasteiger partial charge in [-0.25, -0.2) is 4.98 Å². The van der Waals surface area contributed by atoms with E-state index in [4.69, 9.17) is 16.6 Å². The Balaban J connectivity index is 2.13. The van der Waals surface area contributed by atoms with Gasteiger partial charge >= 0.3 is 0 Å². The van der Waals surface area contributed by atoms with Crippen molar-refractivity contribution < 1.29 is 0 Å². The fourth-order valence-corrected chi connectivity index (χ4v) is 4.10. The van der Waals surface area contributed by atoms with E-state index in [1.165, 1.54) is 43.2 Å². The lowest BCUT2D eigenvalue weighted by molar-refractivity contribution is 0.237. The molecule has 0 spiro atoms. The molecule has 0 saturated heterocycles. The van der Waals surface area contributed by atoms with Gasteiger partial charge in [0, 0.05) is 6.54 Å². The topological polar surface area (TPSA) is 17.8 Å². The molecule has 1 heterocycles. The molecule has 0 radical (unpaired) electrons. The minimum absolute atomic E-state index is 0.0490. The number of fused-ring (bicyclic) bond motifs is 1. The molecule has 3 heteroatoms. The number of rotatable bonds is 4. The number of alkyl halides is 1. The molecule has 1 aromatic heterocycles. The highest BCUT2D eigenvalue weighted by molar-refractivity contribution is 6.20. The zero-order chi connectivity index (χ0) is 15.0. The van der Waals surface area contributed by atoms with E-state index in [1.54, 1.807) is 0 Å². The van der Waals surface area contributed by atoms with Gasteiger partial charge in [0.15, 0.2) is 0 Å². The van der Waals surface area contributed by atoms with Gasteiger partial charge in [-0.2, -0.15) is 0 Å². The molecule has 1 unspecified atom stereocenters. The summed E-state index contributed by atoms with van der Waals surface area (Å²) in [6.07, 6.45) is 6.65. The SMILES string of the molecule is CCC1(Cn2c(C(C)Cl)nc3cccc(C)c32)CCCC1. The zero-order valence-electron chi connectivity index (χ0n) is 13.3. The quantitative estimate of drug-likeness (QED) is 0.671. The number of aryl methyl sites for hydroxylation is 1. The van der Waals surface area contributed by atoms with Crippen molar-refractivity contribution in [3.63, 3.8) is 0 Å². The first kappa shape index (κ1) is 14.9. The summed E-state index contributed by atoms with van der Waals surface area (Å²) in [5.74, 6) is 1.03. The van der Waals surface area contributed by atoms with Crippen LogP contribution < -0.4 is 0 Å². The fourth-order valence-electron chi connectivity index (χ4n) is 3.93. The highest BCUT2D eigenvalue weighted by atomic mass is 35.5. The molecule has 0 amide bonds. The van der Waals surface area contributed by atoms with Gasteiger partial charge in [0.05, 0.1) is 16.4 Å². The van der Waals surface area contributed by atoms with Gasteiger partial charge in [-0.05, 0) is 50.2 Å². The standard InChI is InChI=1S/C18H25ClN2/c1-4-18(10-5-6-11-18)12-21-16-13(2)8-7-9-15(16)20-17(21)14(3)19/h7-9,14H,4-6,10-12H2,1-3H3. The molecule has 1 saturated carbocycles. The zero-order valence-corrected chi connectivity index (χ0v) is 14.1. The Morgan fingerprint density at radius 3 is 2.67 bits per heavy atom. The number of halogens is 1. The molecule has 3 rings (SSSR count). The van der Waals surface area contributed by atoms with Gasteiger partial charge in [-0.1, -0.05) is 31.9 Å². The molecule has 2 aromatic rings. The van der Waals surface area contributed by atoms with E-state index in [1.807, 2.05) is 6.92 Å². The maximum atomic E-state index is 6.42. The van der Waals surface area contributed by atoms with Crippen LogP contribution in [-0.2, 0) is 6.54 Å². The minimum atomic E-state index is -0.0490. The van der Waals surface area contributed by atoms with Crippen LogP contribution in [0.25, 0.3) is 11.0 Å². The Labute approximate surface area is 132 Å². The second-order valence-electron chi connectivity index (χ2n) is 6.68. The van der Waals surface area contributed by atoms with Crippen molar-refractivity contribution in [1.82, 2.24) is 9.55 Å². The van der Waals surface area contributed by atoms with Crippen molar-refractivity contribution in [2.75, 3.05) is 0 Å². The molecule has 1 aliphatic carbocycles. The summed E-state index contributed by atoms with van der Waals surface area (Å²) in [6.45, 7) is 7.61. The predicted octanol–water partition coefficient (Wildman–Crippen LogP) is 5.61. The lowest BCUT2D eigenvalue weighted by Gasteiger charge is -2.29.